The van der Waals surface area contributed by atoms with Gasteiger partial charge in [0, 0.05) is 16.6 Å². The fourth-order valence-corrected chi connectivity index (χ4v) is 2.59. The highest BCUT2D eigenvalue weighted by molar-refractivity contribution is 6.06. The summed E-state index contributed by atoms with van der Waals surface area (Å²) in [6.45, 7) is 6.19. The van der Waals surface area contributed by atoms with Crippen LogP contribution in [0.5, 0.6) is 0 Å². The standard InChI is InChI=1S/C21H21NO4/c1-13(2)12-25-21(24)15-8-10-16(11-9-15)22-20(23)19-14(3)17-6-4-5-7-18(17)26-19/h4-11,13H,12H2,1-3H3,(H,22,23). The molecule has 1 heterocycles. The summed E-state index contributed by atoms with van der Waals surface area (Å²) in [5, 5.41) is 3.71. The van der Waals surface area contributed by atoms with Gasteiger partial charge in [0.1, 0.15) is 5.58 Å². The average Bonchev–Trinajstić information content (AvgIpc) is 2.97. The van der Waals surface area contributed by atoms with Crippen molar-refractivity contribution in [1.82, 2.24) is 0 Å². The minimum absolute atomic E-state index is 0.282. The van der Waals surface area contributed by atoms with Gasteiger partial charge in [0.2, 0.25) is 0 Å². The number of para-hydroxylation sites is 1. The van der Waals surface area contributed by atoms with Crippen molar-refractivity contribution in [3.05, 3.63) is 65.4 Å². The van der Waals surface area contributed by atoms with Crippen molar-refractivity contribution in [2.45, 2.75) is 20.8 Å². The van der Waals surface area contributed by atoms with Crippen molar-refractivity contribution < 1.29 is 18.7 Å². The fourth-order valence-electron chi connectivity index (χ4n) is 2.59. The van der Waals surface area contributed by atoms with Crippen LogP contribution in [-0.2, 0) is 4.74 Å². The minimum Gasteiger partial charge on any atom is -0.462 e. The molecule has 0 aliphatic heterocycles. The second-order valence-corrected chi connectivity index (χ2v) is 6.58. The van der Waals surface area contributed by atoms with Crippen LogP contribution in [0.15, 0.2) is 52.9 Å². The van der Waals surface area contributed by atoms with E-state index in [0.29, 0.717) is 23.4 Å². The number of nitrogens with one attached hydrogen (secondary N) is 1. The van der Waals surface area contributed by atoms with Crippen molar-refractivity contribution in [2.75, 3.05) is 11.9 Å². The van der Waals surface area contributed by atoms with E-state index in [2.05, 4.69) is 5.32 Å². The van der Waals surface area contributed by atoms with Crippen LogP contribution >= 0.6 is 0 Å². The lowest BCUT2D eigenvalue weighted by molar-refractivity contribution is 0.0459. The number of aryl methyl sites for hydroxylation is 1. The van der Waals surface area contributed by atoms with Crippen LogP contribution in [0, 0.1) is 12.8 Å². The number of ether oxygens (including phenoxy) is 1. The van der Waals surface area contributed by atoms with Gasteiger partial charge in [-0.25, -0.2) is 4.79 Å². The molecule has 0 bridgehead atoms. The van der Waals surface area contributed by atoms with E-state index in [0.717, 1.165) is 10.9 Å². The summed E-state index contributed by atoms with van der Waals surface area (Å²) in [6, 6.07) is 14.1. The molecule has 1 aromatic heterocycles. The molecule has 0 spiro atoms. The third-order valence-electron chi connectivity index (χ3n) is 3.98. The Kier molecular flexibility index (Phi) is 5.07. The van der Waals surface area contributed by atoms with Gasteiger partial charge in [0.25, 0.3) is 5.91 Å². The van der Waals surface area contributed by atoms with E-state index in [9.17, 15) is 9.59 Å². The molecule has 0 unspecified atom stereocenters. The summed E-state index contributed by atoms with van der Waals surface area (Å²) in [4.78, 5) is 24.4. The van der Waals surface area contributed by atoms with Crippen molar-refractivity contribution in [3.63, 3.8) is 0 Å². The highest BCUT2D eigenvalue weighted by Gasteiger charge is 2.17. The van der Waals surface area contributed by atoms with E-state index in [1.807, 2.05) is 45.0 Å². The van der Waals surface area contributed by atoms with E-state index in [1.165, 1.54) is 0 Å². The molecule has 2 aromatic carbocycles. The number of hydrogen-bond acceptors (Lipinski definition) is 4. The van der Waals surface area contributed by atoms with Crippen LogP contribution in [0.3, 0.4) is 0 Å². The van der Waals surface area contributed by atoms with Gasteiger partial charge in [-0.2, -0.15) is 0 Å². The smallest absolute Gasteiger partial charge is 0.338 e. The highest BCUT2D eigenvalue weighted by Crippen LogP contribution is 2.25. The summed E-state index contributed by atoms with van der Waals surface area (Å²) in [7, 11) is 0. The van der Waals surface area contributed by atoms with Crippen molar-refractivity contribution in [2.24, 2.45) is 5.92 Å². The molecule has 0 saturated carbocycles. The molecule has 0 radical (unpaired) electrons. The number of carbonyl (C=O) groups is 2. The highest BCUT2D eigenvalue weighted by atomic mass is 16.5. The molecular formula is C21H21NO4. The van der Waals surface area contributed by atoms with Gasteiger partial charge >= 0.3 is 5.97 Å². The monoisotopic (exact) mass is 351 g/mol. The van der Waals surface area contributed by atoms with Crippen LogP contribution < -0.4 is 5.32 Å². The van der Waals surface area contributed by atoms with E-state index < -0.39 is 0 Å². The van der Waals surface area contributed by atoms with Crippen molar-refractivity contribution >= 4 is 28.5 Å². The van der Waals surface area contributed by atoms with E-state index in [1.54, 1.807) is 24.3 Å². The topological polar surface area (TPSA) is 68.5 Å². The number of esters is 1. The normalized spacial score (nSPS) is 10.9. The summed E-state index contributed by atoms with van der Waals surface area (Å²) in [6.07, 6.45) is 0. The third-order valence-corrected chi connectivity index (χ3v) is 3.98. The first kappa shape index (κ1) is 17.7. The Morgan fingerprint density at radius 1 is 1.08 bits per heavy atom. The number of anilines is 1. The van der Waals surface area contributed by atoms with Gasteiger partial charge in [-0.15, -0.1) is 0 Å². The van der Waals surface area contributed by atoms with Gasteiger partial charge < -0.3 is 14.5 Å². The summed E-state index contributed by atoms with van der Waals surface area (Å²) in [5.41, 5.74) is 2.50. The number of carbonyl (C=O) groups excluding carboxylic acids is 2. The van der Waals surface area contributed by atoms with Crippen LogP contribution in [-0.4, -0.2) is 18.5 Å². The number of amides is 1. The minimum atomic E-state index is -0.371. The van der Waals surface area contributed by atoms with Gasteiger partial charge in [-0.1, -0.05) is 32.0 Å². The lowest BCUT2D eigenvalue weighted by Gasteiger charge is -2.08. The van der Waals surface area contributed by atoms with Gasteiger partial charge in [-0.05, 0) is 43.2 Å². The maximum absolute atomic E-state index is 12.5. The molecule has 3 aromatic rings. The molecule has 5 heteroatoms. The quantitative estimate of drug-likeness (QED) is 0.670. The van der Waals surface area contributed by atoms with Gasteiger partial charge in [0.05, 0.1) is 12.2 Å². The van der Waals surface area contributed by atoms with E-state index in [-0.39, 0.29) is 23.6 Å². The Bertz CT molecular complexity index is 938. The SMILES string of the molecule is Cc1c(C(=O)Nc2ccc(C(=O)OCC(C)C)cc2)oc2ccccc12. The molecule has 0 aliphatic rings. The van der Waals surface area contributed by atoms with Crippen molar-refractivity contribution in [3.8, 4) is 0 Å². The zero-order chi connectivity index (χ0) is 18.7. The van der Waals surface area contributed by atoms with Gasteiger partial charge in [-0.3, -0.25) is 4.79 Å². The summed E-state index contributed by atoms with van der Waals surface area (Å²) < 4.78 is 10.9. The number of hydrogen-bond donors (Lipinski definition) is 1. The average molecular weight is 351 g/mol. The second-order valence-electron chi connectivity index (χ2n) is 6.58. The zero-order valence-electron chi connectivity index (χ0n) is 15.0. The van der Waals surface area contributed by atoms with E-state index in [4.69, 9.17) is 9.15 Å². The Labute approximate surface area is 152 Å². The third kappa shape index (κ3) is 3.77. The van der Waals surface area contributed by atoms with Crippen LogP contribution in [0.1, 0.15) is 40.3 Å². The molecular weight excluding hydrogens is 330 g/mol. The summed E-state index contributed by atoms with van der Waals surface area (Å²) in [5.74, 6) is -0.130. The van der Waals surface area contributed by atoms with Crippen LogP contribution in [0.4, 0.5) is 5.69 Å². The molecule has 0 fully saturated rings. The Morgan fingerprint density at radius 3 is 2.42 bits per heavy atom. The Morgan fingerprint density at radius 2 is 1.77 bits per heavy atom. The molecule has 26 heavy (non-hydrogen) atoms. The Balaban J connectivity index is 1.71. The number of fused-ring (bicyclic) bond motifs is 1. The molecule has 134 valence electrons. The zero-order valence-corrected chi connectivity index (χ0v) is 15.0. The molecule has 0 aliphatic carbocycles. The second kappa shape index (κ2) is 7.44. The first-order chi connectivity index (χ1) is 12.5. The lowest BCUT2D eigenvalue weighted by atomic mass is 10.1. The molecule has 3 rings (SSSR count). The summed E-state index contributed by atoms with van der Waals surface area (Å²) >= 11 is 0. The lowest BCUT2D eigenvalue weighted by Crippen LogP contribution is -2.13. The molecule has 5 nitrogen and oxygen atoms in total. The van der Waals surface area contributed by atoms with Crippen LogP contribution in [0.25, 0.3) is 11.0 Å². The maximum Gasteiger partial charge on any atom is 0.338 e. The fraction of sp³-hybridized carbons (Fsp3) is 0.238. The van der Waals surface area contributed by atoms with Crippen LogP contribution in [0.2, 0.25) is 0 Å². The predicted molar refractivity (Wildman–Crippen MR) is 100 cm³/mol. The van der Waals surface area contributed by atoms with Crippen molar-refractivity contribution in [1.29, 1.82) is 0 Å². The molecule has 1 amide bonds. The molecule has 0 saturated heterocycles. The largest absolute Gasteiger partial charge is 0.462 e. The Hall–Kier alpha value is -3.08. The first-order valence-electron chi connectivity index (χ1n) is 8.52. The molecule has 1 N–H and O–H groups in total. The van der Waals surface area contributed by atoms with Gasteiger partial charge in [0.15, 0.2) is 5.76 Å². The number of benzene rings is 2. The first-order valence-corrected chi connectivity index (χ1v) is 8.52. The van der Waals surface area contributed by atoms with E-state index >= 15 is 0 Å². The maximum atomic E-state index is 12.5. The predicted octanol–water partition coefficient (Wildman–Crippen LogP) is 4.81. The number of rotatable bonds is 5. The number of furan rings is 1. The molecule has 0 atom stereocenters.